The molecule has 0 fully saturated rings. The van der Waals surface area contributed by atoms with Crippen LogP contribution in [0.1, 0.15) is 19.4 Å². The van der Waals surface area contributed by atoms with E-state index in [1.807, 2.05) is 25.1 Å². The van der Waals surface area contributed by atoms with Crippen molar-refractivity contribution in [2.75, 3.05) is 6.61 Å². The van der Waals surface area contributed by atoms with Crippen LogP contribution >= 0.6 is 0 Å². The van der Waals surface area contributed by atoms with Crippen LogP contribution in [0.15, 0.2) is 60.7 Å². The second-order valence-electron chi connectivity index (χ2n) is 5.99. The third-order valence-corrected chi connectivity index (χ3v) is 4.21. The van der Waals surface area contributed by atoms with Gasteiger partial charge in [0.2, 0.25) is 5.82 Å². The summed E-state index contributed by atoms with van der Waals surface area (Å²) in [7, 11) is 0. The van der Waals surface area contributed by atoms with Gasteiger partial charge in [-0.25, -0.2) is 8.78 Å². The number of allylic oxidation sites excluding steroid dienone is 1. The van der Waals surface area contributed by atoms with E-state index in [-0.39, 0.29) is 23.7 Å². The van der Waals surface area contributed by atoms with Crippen molar-refractivity contribution in [3.63, 3.8) is 0 Å². The van der Waals surface area contributed by atoms with Crippen LogP contribution in [0.5, 0.6) is 5.75 Å². The van der Waals surface area contributed by atoms with Crippen molar-refractivity contribution in [2.45, 2.75) is 13.8 Å². The Kier molecular flexibility index (Phi) is 5.65. The third-order valence-electron chi connectivity index (χ3n) is 4.21. The molecule has 3 aromatic rings. The highest BCUT2D eigenvalue weighted by Crippen LogP contribution is 2.32. The molecule has 0 unspecified atom stereocenters. The van der Waals surface area contributed by atoms with Gasteiger partial charge in [0.15, 0.2) is 11.6 Å². The Morgan fingerprint density at radius 3 is 2.04 bits per heavy atom. The number of halogens is 3. The smallest absolute Gasteiger partial charge is 0.201 e. The number of hydrogen-bond acceptors (Lipinski definition) is 1. The molecule has 0 bridgehead atoms. The van der Waals surface area contributed by atoms with Gasteiger partial charge in [-0.2, -0.15) is 4.39 Å². The number of hydrogen-bond donors (Lipinski definition) is 0. The van der Waals surface area contributed by atoms with Gasteiger partial charge in [0, 0.05) is 11.1 Å². The standard InChI is InChI=1S/C23H19F3O/c1-3-5-15-6-11-18(20(24)14-15)16-7-9-17(10-8-16)19-12-13-21(27-4-2)23(26)22(19)25/h3,5-14H,4H2,1-2H3/b5-3+. The molecule has 0 saturated carbocycles. The van der Waals surface area contributed by atoms with Gasteiger partial charge in [-0.15, -0.1) is 0 Å². The van der Waals surface area contributed by atoms with Gasteiger partial charge >= 0.3 is 0 Å². The van der Waals surface area contributed by atoms with Crippen LogP contribution in [0.3, 0.4) is 0 Å². The molecule has 1 nitrogen and oxygen atoms in total. The van der Waals surface area contributed by atoms with E-state index < -0.39 is 11.6 Å². The fourth-order valence-electron chi connectivity index (χ4n) is 2.91. The Labute approximate surface area is 156 Å². The van der Waals surface area contributed by atoms with Crippen molar-refractivity contribution < 1.29 is 17.9 Å². The molecule has 0 aliphatic rings. The SMILES string of the molecule is C/C=C/c1ccc(-c2ccc(-c3ccc(OCC)c(F)c3F)cc2)c(F)c1. The average molecular weight is 368 g/mol. The summed E-state index contributed by atoms with van der Waals surface area (Å²) < 4.78 is 47.9. The lowest BCUT2D eigenvalue weighted by Gasteiger charge is -2.10. The fraction of sp³-hybridized carbons (Fsp3) is 0.130. The largest absolute Gasteiger partial charge is 0.491 e. The Morgan fingerprint density at radius 2 is 1.44 bits per heavy atom. The zero-order valence-electron chi connectivity index (χ0n) is 15.1. The molecular formula is C23H19F3O. The number of ether oxygens (including phenoxy) is 1. The number of rotatable bonds is 5. The highest BCUT2D eigenvalue weighted by molar-refractivity contribution is 5.72. The molecule has 4 heteroatoms. The molecule has 0 amide bonds. The van der Waals surface area contributed by atoms with Gasteiger partial charge in [0.1, 0.15) is 5.82 Å². The maximum Gasteiger partial charge on any atom is 0.201 e. The normalized spacial score (nSPS) is 11.1. The second-order valence-corrected chi connectivity index (χ2v) is 5.99. The lowest BCUT2D eigenvalue weighted by molar-refractivity contribution is 0.314. The Balaban J connectivity index is 1.93. The molecule has 3 rings (SSSR count). The molecule has 0 aromatic heterocycles. The number of benzene rings is 3. The van der Waals surface area contributed by atoms with E-state index in [2.05, 4.69) is 0 Å². The minimum Gasteiger partial charge on any atom is -0.491 e. The van der Waals surface area contributed by atoms with Gasteiger partial charge in [0.05, 0.1) is 6.61 Å². The van der Waals surface area contributed by atoms with Gasteiger partial charge in [-0.05, 0) is 48.7 Å². The van der Waals surface area contributed by atoms with E-state index in [0.717, 1.165) is 5.56 Å². The molecule has 27 heavy (non-hydrogen) atoms. The first-order chi connectivity index (χ1) is 13.0. The molecule has 0 radical (unpaired) electrons. The summed E-state index contributed by atoms with van der Waals surface area (Å²) in [4.78, 5) is 0. The van der Waals surface area contributed by atoms with Crippen molar-refractivity contribution in [1.29, 1.82) is 0 Å². The van der Waals surface area contributed by atoms with E-state index in [0.29, 0.717) is 16.7 Å². The highest BCUT2D eigenvalue weighted by atomic mass is 19.2. The van der Waals surface area contributed by atoms with E-state index in [1.165, 1.54) is 18.2 Å². The maximum atomic E-state index is 14.4. The van der Waals surface area contributed by atoms with E-state index in [4.69, 9.17) is 4.74 Å². The predicted octanol–water partition coefficient (Wildman–Crippen LogP) is 6.87. The summed E-state index contributed by atoms with van der Waals surface area (Å²) in [6, 6.07) is 14.6. The second kappa shape index (κ2) is 8.12. The fourth-order valence-corrected chi connectivity index (χ4v) is 2.91. The molecule has 0 spiro atoms. The van der Waals surface area contributed by atoms with E-state index in [1.54, 1.807) is 37.3 Å². The highest BCUT2D eigenvalue weighted by Gasteiger charge is 2.16. The average Bonchev–Trinajstić information content (AvgIpc) is 2.67. The van der Waals surface area contributed by atoms with E-state index in [9.17, 15) is 13.2 Å². The maximum absolute atomic E-state index is 14.4. The van der Waals surface area contributed by atoms with E-state index >= 15 is 0 Å². The van der Waals surface area contributed by atoms with Crippen molar-refractivity contribution in [3.8, 4) is 28.0 Å². The Morgan fingerprint density at radius 1 is 0.815 bits per heavy atom. The molecule has 0 atom stereocenters. The summed E-state index contributed by atoms with van der Waals surface area (Å²) >= 11 is 0. The predicted molar refractivity (Wildman–Crippen MR) is 103 cm³/mol. The lowest BCUT2D eigenvalue weighted by atomic mass is 9.98. The molecule has 3 aromatic carbocycles. The zero-order valence-corrected chi connectivity index (χ0v) is 15.1. The summed E-state index contributed by atoms with van der Waals surface area (Å²) in [5, 5.41) is 0. The molecule has 0 heterocycles. The van der Waals surface area contributed by atoms with Crippen LogP contribution in [-0.2, 0) is 0 Å². The Hall–Kier alpha value is -3.01. The summed E-state index contributed by atoms with van der Waals surface area (Å²) in [6.45, 7) is 3.82. The third kappa shape index (κ3) is 3.90. The van der Waals surface area contributed by atoms with Crippen LogP contribution in [0.4, 0.5) is 13.2 Å². The quantitative estimate of drug-likeness (QED) is 0.477. The van der Waals surface area contributed by atoms with Crippen LogP contribution in [-0.4, -0.2) is 6.61 Å². The molecular weight excluding hydrogens is 349 g/mol. The first-order valence-corrected chi connectivity index (χ1v) is 8.69. The summed E-state index contributed by atoms with van der Waals surface area (Å²) in [5.74, 6) is -2.42. The summed E-state index contributed by atoms with van der Waals surface area (Å²) in [6.07, 6.45) is 3.66. The van der Waals surface area contributed by atoms with Crippen LogP contribution in [0.2, 0.25) is 0 Å². The minimum absolute atomic E-state index is 0.112. The van der Waals surface area contributed by atoms with Crippen LogP contribution in [0, 0.1) is 17.5 Å². The topological polar surface area (TPSA) is 9.23 Å². The summed E-state index contributed by atoms with van der Waals surface area (Å²) in [5.41, 5.74) is 2.53. The van der Waals surface area contributed by atoms with Crippen molar-refractivity contribution in [3.05, 3.63) is 83.7 Å². The van der Waals surface area contributed by atoms with Crippen molar-refractivity contribution >= 4 is 6.08 Å². The van der Waals surface area contributed by atoms with Gasteiger partial charge in [-0.3, -0.25) is 0 Å². The first kappa shape index (κ1) is 18.8. The molecule has 0 aliphatic heterocycles. The first-order valence-electron chi connectivity index (χ1n) is 8.69. The van der Waals surface area contributed by atoms with Gasteiger partial charge < -0.3 is 4.74 Å². The minimum atomic E-state index is -1.01. The monoisotopic (exact) mass is 368 g/mol. The van der Waals surface area contributed by atoms with Crippen molar-refractivity contribution in [2.24, 2.45) is 0 Å². The van der Waals surface area contributed by atoms with Crippen LogP contribution < -0.4 is 4.74 Å². The molecule has 138 valence electrons. The van der Waals surface area contributed by atoms with Crippen LogP contribution in [0.25, 0.3) is 28.3 Å². The molecule has 0 aliphatic carbocycles. The molecule has 0 saturated heterocycles. The van der Waals surface area contributed by atoms with Gasteiger partial charge in [-0.1, -0.05) is 48.6 Å². The lowest BCUT2D eigenvalue weighted by Crippen LogP contribution is -1.98. The Bertz CT molecular complexity index is 976. The zero-order chi connectivity index (χ0) is 19.4. The molecule has 0 N–H and O–H groups in total. The van der Waals surface area contributed by atoms with Crippen molar-refractivity contribution in [1.82, 2.24) is 0 Å². The van der Waals surface area contributed by atoms with Gasteiger partial charge in [0.25, 0.3) is 0 Å².